The van der Waals surface area contributed by atoms with E-state index in [1.807, 2.05) is 48.5 Å². The minimum Gasteiger partial charge on any atom is -0.352 e. The lowest BCUT2D eigenvalue weighted by atomic mass is 10.00. The van der Waals surface area contributed by atoms with E-state index >= 15 is 0 Å². The highest BCUT2D eigenvalue weighted by molar-refractivity contribution is 5.66. The minimum atomic E-state index is 0.734. The Morgan fingerprint density at radius 1 is 0.714 bits per heavy atom. The summed E-state index contributed by atoms with van der Waals surface area (Å²) in [6.45, 7) is 1.81. The van der Waals surface area contributed by atoms with Gasteiger partial charge in [-0.2, -0.15) is 0 Å². The van der Waals surface area contributed by atoms with Crippen LogP contribution in [0.15, 0.2) is 85.1 Å². The van der Waals surface area contributed by atoms with Crippen molar-refractivity contribution >= 4 is 5.82 Å². The van der Waals surface area contributed by atoms with Gasteiger partial charge in [-0.05, 0) is 29.7 Å². The third-order valence-corrected chi connectivity index (χ3v) is 5.13. The van der Waals surface area contributed by atoms with Gasteiger partial charge in [0.2, 0.25) is 0 Å². The Morgan fingerprint density at radius 2 is 1.50 bits per heavy atom. The van der Waals surface area contributed by atoms with Crippen LogP contribution < -0.4 is 4.90 Å². The van der Waals surface area contributed by atoms with E-state index < -0.39 is 0 Å². The van der Waals surface area contributed by atoms with Crippen molar-refractivity contribution in [3.05, 3.63) is 96.2 Å². The number of hydrogen-bond donors (Lipinski definition) is 0. The zero-order valence-electron chi connectivity index (χ0n) is 15.5. The van der Waals surface area contributed by atoms with E-state index in [2.05, 4.69) is 40.2 Å². The van der Waals surface area contributed by atoms with Gasteiger partial charge in [0, 0.05) is 30.9 Å². The molecule has 0 unspecified atom stereocenters. The molecule has 2 aromatic heterocycles. The van der Waals surface area contributed by atoms with Gasteiger partial charge >= 0.3 is 0 Å². The molecule has 5 rings (SSSR count). The van der Waals surface area contributed by atoms with Crippen LogP contribution in [0.4, 0.5) is 5.82 Å². The van der Waals surface area contributed by atoms with Crippen molar-refractivity contribution < 1.29 is 0 Å². The number of benzene rings is 2. The lowest BCUT2D eigenvalue weighted by Gasteiger charge is -2.30. The second-order valence-corrected chi connectivity index (χ2v) is 6.96. The van der Waals surface area contributed by atoms with Crippen molar-refractivity contribution in [2.45, 2.75) is 13.0 Å². The molecule has 0 saturated carbocycles. The summed E-state index contributed by atoms with van der Waals surface area (Å²) < 4.78 is 0. The zero-order valence-corrected chi connectivity index (χ0v) is 15.5. The summed E-state index contributed by atoms with van der Waals surface area (Å²) in [4.78, 5) is 16.6. The SMILES string of the molecule is c1ccc(-c2nc(-c3ccccn3)cc(N3CCc4ccccc4C3)n2)cc1. The summed E-state index contributed by atoms with van der Waals surface area (Å²) >= 11 is 0. The molecule has 3 heterocycles. The molecule has 1 aliphatic heterocycles. The molecule has 4 aromatic rings. The fourth-order valence-electron chi connectivity index (χ4n) is 3.65. The first-order valence-corrected chi connectivity index (χ1v) is 9.54. The van der Waals surface area contributed by atoms with Crippen molar-refractivity contribution in [2.75, 3.05) is 11.4 Å². The highest BCUT2D eigenvalue weighted by atomic mass is 15.2. The lowest BCUT2D eigenvalue weighted by molar-refractivity contribution is 0.720. The largest absolute Gasteiger partial charge is 0.352 e. The van der Waals surface area contributed by atoms with Crippen LogP contribution in [-0.4, -0.2) is 21.5 Å². The van der Waals surface area contributed by atoms with Crippen molar-refractivity contribution in [1.29, 1.82) is 0 Å². The van der Waals surface area contributed by atoms with E-state index in [1.54, 1.807) is 6.20 Å². The first-order valence-electron chi connectivity index (χ1n) is 9.54. The highest BCUT2D eigenvalue weighted by Crippen LogP contribution is 2.28. The molecule has 0 bridgehead atoms. The summed E-state index contributed by atoms with van der Waals surface area (Å²) in [5, 5.41) is 0. The second-order valence-electron chi connectivity index (χ2n) is 6.96. The van der Waals surface area contributed by atoms with E-state index in [0.717, 1.165) is 48.1 Å². The van der Waals surface area contributed by atoms with Crippen LogP contribution in [0.5, 0.6) is 0 Å². The third-order valence-electron chi connectivity index (χ3n) is 5.13. The van der Waals surface area contributed by atoms with Crippen LogP contribution in [0.25, 0.3) is 22.8 Å². The number of anilines is 1. The highest BCUT2D eigenvalue weighted by Gasteiger charge is 2.19. The molecule has 0 N–H and O–H groups in total. The molecule has 4 heteroatoms. The summed E-state index contributed by atoms with van der Waals surface area (Å²) in [5.74, 6) is 1.68. The molecule has 0 radical (unpaired) electrons. The van der Waals surface area contributed by atoms with Crippen molar-refractivity contribution in [1.82, 2.24) is 15.0 Å². The van der Waals surface area contributed by atoms with Gasteiger partial charge in [0.1, 0.15) is 5.82 Å². The van der Waals surface area contributed by atoms with Gasteiger partial charge in [-0.1, -0.05) is 60.7 Å². The molecule has 0 aliphatic carbocycles. The van der Waals surface area contributed by atoms with E-state index in [-0.39, 0.29) is 0 Å². The predicted molar refractivity (Wildman–Crippen MR) is 112 cm³/mol. The summed E-state index contributed by atoms with van der Waals surface area (Å²) in [6.07, 6.45) is 2.83. The van der Waals surface area contributed by atoms with Gasteiger partial charge in [0.25, 0.3) is 0 Å². The fourth-order valence-corrected chi connectivity index (χ4v) is 3.65. The smallest absolute Gasteiger partial charge is 0.162 e. The molecule has 136 valence electrons. The number of fused-ring (bicyclic) bond motifs is 1. The van der Waals surface area contributed by atoms with E-state index in [0.29, 0.717) is 0 Å². The van der Waals surface area contributed by atoms with Crippen molar-refractivity contribution in [2.24, 2.45) is 0 Å². The monoisotopic (exact) mass is 364 g/mol. The Balaban J connectivity index is 1.59. The molecular weight excluding hydrogens is 344 g/mol. The first kappa shape index (κ1) is 16.6. The average molecular weight is 364 g/mol. The summed E-state index contributed by atoms with van der Waals surface area (Å²) in [7, 11) is 0. The molecule has 28 heavy (non-hydrogen) atoms. The molecule has 0 fully saturated rings. The van der Waals surface area contributed by atoms with E-state index in [9.17, 15) is 0 Å². The molecule has 0 amide bonds. The molecule has 0 saturated heterocycles. The fraction of sp³-hybridized carbons (Fsp3) is 0.125. The van der Waals surface area contributed by atoms with Crippen LogP contribution in [0.3, 0.4) is 0 Å². The van der Waals surface area contributed by atoms with Crippen LogP contribution in [0.2, 0.25) is 0 Å². The Kier molecular flexibility index (Phi) is 4.30. The Labute approximate surface area is 164 Å². The summed E-state index contributed by atoms with van der Waals surface area (Å²) in [6, 6.07) is 26.8. The van der Waals surface area contributed by atoms with Gasteiger partial charge in [-0.3, -0.25) is 4.98 Å². The van der Waals surface area contributed by atoms with Crippen molar-refractivity contribution in [3.8, 4) is 22.8 Å². The van der Waals surface area contributed by atoms with Gasteiger partial charge in [0.15, 0.2) is 5.82 Å². The summed E-state index contributed by atoms with van der Waals surface area (Å²) in [5.41, 5.74) is 5.53. The van der Waals surface area contributed by atoms with E-state index in [1.165, 1.54) is 11.1 Å². The predicted octanol–water partition coefficient (Wildman–Crippen LogP) is 4.77. The number of hydrogen-bond acceptors (Lipinski definition) is 4. The topological polar surface area (TPSA) is 41.9 Å². The molecule has 2 aromatic carbocycles. The Morgan fingerprint density at radius 3 is 2.32 bits per heavy atom. The van der Waals surface area contributed by atoms with E-state index in [4.69, 9.17) is 9.97 Å². The zero-order chi connectivity index (χ0) is 18.8. The maximum Gasteiger partial charge on any atom is 0.162 e. The number of rotatable bonds is 3. The van der Waals surface area contributed by atoms with Gasteiger partial charge < -0.3 is 4.90 Å². The van der Waals surface area contributed by atoms with Crippen LogP contribution in [0, 0.1) is 0 Å². The molecule has 0 spiro atoms. The third kappa shape index (κ3) is 3.25. The maximum atomic E-state index is 4.91. The minimum absolute atomic E-state index is 0.734. The van der Waals surface area contributed by atoms with Crippen LogP contribution >= 0.6 is 0 Å². The van der Waals surface area contributed by atoms with Crippen LogP contribution in [-0.2, 0) is 13.0 Å². The lowest BCUT2D eigenvalue weighted by Crippen LogP contribution is -2.31. The number of nitrogens with zero attached hydrogens (tertiary/aromatic N) is 4. The number of pyridine rings is 1. The van der Waals surface area contributed by atoms with Gasteiger partial charge in [-0.15, -0.1) is 0 Å². The molecule has 1 aliphatic rings. The standard InChI is InChI=1S/C24H20N4/c1-2-9-19(10-3-1)24-26-22(21-12-6-7-14-25-21)16-23(27-24)28-15-13-18-8-4-5-11-20(18)17-28/h1-12,14,16H,13,15,17H2. The Hall–Kier alpha value is -3.53. The molecule has 0 atom stereocenters. The first-order chi connectivity index (χ1) is 13.9. The normalized spacial score (nSPS) is 13.2. The van der Waals surface area contributed by atoms with Crippen molar-refractivity contribution in [3.63, 3.8) is 0 Å². The molecule has 4 nitrogen and oxygen atoms in total. The number of aromatic nitrogens is 3. The van der Waals surface area contributed by atoms with Crippen LogP contribution in [0.1, 0.15) is 11.1 Å². The second kappa shape index (κ2) is 7.24. The van der Waals surface area contributed by atoms with Gasteiger partial charge in [-0.25, -0.2) is 9.97 Å². The quantitative estimate of drug-likeness (QED) is 0.525. The average Bonchev–Trinajstić information content (AvgIpc) is 2.79. The molecular formula is C24H20N4. The van der Waals surface area contributed by atoms with Gasteiger partial charge in [0.05, 0.1) is 11.4 Å². The maximum absolute atomic E-state index is 4.91. The Bertz CT molecular complexity index is 1040.